The van der Waals surface area contributed by atoms with E-state index in [4.69, 9.17) is 10.2 Å². The topological polar surface area (TPSA) is 109 Å². The number of hydrogen-bond donors (Lipinski definition) is 3. The number of carboxylic acid groups (broad SMARTS) is 2. The zero-order valence-electron chi connectivity index (χ0n) is 12.3. The second kappa shape index (κ2) is 6.43. The molecule has 0 spiro atoms. The van der Waals surface area contributed by atoms with Crippen LogP contribution < -0.4 is 5.32 Å². The van der Waals surface area contributed by atoms with Gasteiger partial charge in [0.25, 0.3) is 5.91 Å². The predicted octanol–water partition coefficient (Wildman–Crippen LogP) is 1.29. The van der Waals surface area contributed by atoms with Crippen LogP contribution in [0.3, 0.4) is 0 Å². The maximum atomic E-state index is 12.0. The molecular weight excluding hydrogens is 276 g/mol. The molecule has 0 aliphatic rings. The fraction of sp³-hybridized carbons (Fsp3) is 0.500. The summed E-state index contributed by atoms with van der Waals surface area (Å²) in [6, 6.07) is 0.378. The summed E-state index contributed by atoms with van der Waals surface area (Å²) in [7, 11) is 0. The summed E-state index contributed by atoms with van der Waals surface area (Å²) in [6.07, 6.45) is 2.89. The molecule has 1 heterocycles. The van der Waals surface area contributed by atoms with Gasteiger partial charge in [-0.3, -0.25) is 9.59 Å². The van der Waals surface area contributed by atoms with Crippen LogP contribution in [-0.4, -0.2) is 38.7 Å². The first-order valence-corrected chi connectivity index (χ1v) is 6.55. The molecule has 0 aliphatic carbocycles. The molecule has 0 unspecified atom stereocenters. The number of nitrogens with one attached hydrogen (secondary N) is 1. The lowest BCUT2D eigenvalue weighted by molar-refractivity contribution is -0.140. The molecule has 1 aromatic rings. The summed E-state index contributed by atoms with van der Waals surface area (Å²) < 4.78 is 1.84. The summed E-state index contributed by atoms with van der Waals surface area (Å²) in [5, 5.41) is 19.9. The SMILES string of the molecule is CC(C)(C)n1ccc(C(=O)N[C@@H](CCC(=O)O)C(=O)O)c1. The lowest BCUT2D eigenvalue weighted by Gasteiger charge is -2.20. The molecule has 0 fully saturated rings. The van der Waals surface area contributed by atoms with Gasteiger partial charge in [0, 0.05) is 24.4 Å². The summed E-state index contributed by atoms with van der Waals surface area (Å²) in [6.45, 7) is 5.92. The third-order valence-corrected chi connectivity index (χ3v) is 2.98. The van der Waals surface area contributed by atoms with Crippen LogP contribution in [0.25, 0.3) is 0 Å². The molecule has 7 heteroatoms. The number of carbonyl (C=O) groups excluding carboxylic acids is 1. The number of carboxylic acids is 2. The van der Waals surface area contributed by atoms with Crippen molar-refractivity contribution in [2.24, 2.45) is 0 Å². The molecule has 1 aromatic heterocycles. The van der Waals surface area contributed by atoms with E-state index in [-0.39, 0.29) is 18.4 Å². The zero-order valence-corrected chi connectivity index (χ0v) is 12.3. The number of nitrogens with zero attached hydrogens (tertiary/aromatic N) is 1. The van der Waals surface area contributed by atoms with E-state index in [1.165, 1.54) is 0 Å². The standard InChI is InChI=1S/C14H20N2O5/c1-14(2,3)16-7-6-9(8-16)12(19)15-10(13(20)21)4-5-11(17)18/h6-8,10H,4-5H2,1-3H3,(H,15,19)(H,17,18)(H,20,21)/t10-/m0/s1. The van der Waals surface area contributed by atoms with Crippen LogP contribution in [-0.2, 0) is 15.1 Å². The van der Waals surface area contributed by atoms with Crippen LogP contribution in [0.2, 0.25) is 0 Å². The van der Waals surface area contributed by atoms with Crippen LogP contribution in [0, 0.1) is 0 Å². The van der Waals surface area contributed by atoms with Crippen molar-refractivity contribution in [3.05, 3.63) is 24.0 Å². The van der Waals surface area contributed by atoms with Crippen molar-refractivity contribution in [2.45, 2.75) is 45.2 Å². The molecule has 21 heavy (non-hydrogen) atoms. The highest BCUT2D eigenvalue weighted by Crippen LogP contribution is 2.15. The minimum absolute atomic E-state index is 0.156. The Morgan fingerprint density at radius 3 is 2.33 bits per heavy atom. The fourth-order valence-electron chi connectivity index (χ4n) is 1.71. The Hall–Kier alpha value is -2.31. The van der Waals surface area contributed by atoms with Crippen molar-refractivity contribution in [1.29, 1.82) is 0 Å². The number of aromatic nitrogens is 1. The Morgan fingerprint density at radius 1 is 1.29 bits per heavy atom. The van der Waals surface area contributed by atoms with Crippen LogP contribution in [0.5, 0.6) is 0 Å². The number of aliphatic carboxylic acids is 2. The zero-order chi connectivity index (χ0) is 16.2. The maximum Gasteiger partial charge on any atom is 0.326 e. The highest BCUT2D eigenvalue weighted by Gasteiger charge is 2.22. The quantitative estimate of drug-likeness (QED) is 0.733. The molecule has 1 amide bonds. The minimum Gasteiger partial charge on any atom is -0.481 e. The third-order valence-electron chi connectivity index (χ3n) is 2.98. The van der Waals surface area contributed by atoms with Crippen LogP contribution in [0.15, 0.2) is 18.5 Å². The van der Waals surface area contributed by atoms with E-state index in [0.717, 1.165) is 0 Å². The lowest BCUT2D eigenvalue weighted by Crippen LogP contribution is -2.41. The van der Waals surface area contributed by atoms with E-state index < -0.39 is 23.9 Å². The molecule has 0 saturated heterocycles. The van der Waals surface area contributed by atoms with Gasteiger partial charge >= 0.3 is 11.9 Å². The highest BCUT2D eigenvalue weighted by atomic mass is 16.4. The molecule has 0 radical (unpaired) electrons. The van der Waals surface area contributed by atoms with Crippen molar-refractivity contribution in [3.8, 4) is 0 Å². The van der Waals surface area contributed by atoms with Crippen LogP contribution >= 0.6 is 0 Å². The van der Waals surface area contributed by atoms with Crippen molar-refractivity contribution in [3.63, 3.8) is 0 Å². The molecule has 116 valence electrons. The third kappa shape index (κ3) is 4.94. The monoisotopic (exact) mass is 296 g/mol. The van der Waals surface area contributed by atoms with E-state index in [1.807, 2.05) is 25.3 Å². The first-order chi connectivity index (χ1) is 9.61. The second-order valence-electron chi connectivity index (χ2n) is 5.77. The smallest absolute Gasteiger partial charge is 0.326 e. The van der Waals surface area contributed by atoms with Gasteiger partial charge in [-0.15, -0.1) is 0 Å². The Labute approximate surface area is 122 Å². The number of rotatable bonds is 6. The molecule has 3 N–H and O–H groups in total. The van der Waals surface area contributed by atoms with E-state index in [2.05, 4.69) is 5.32 Å². The second-order valence-corrected chi connectivity index (χ2v) is 5.77. The van der Waals surface area contributed by atoms with Gasteiger partial charge in [0.05, 0.1) is 5.56 Å². The largest absolute Gasteiger partial charge is 0.481 e. The summed E-state index contributed by atoms with van der Waals surface area (Å²) in [5.74, 6) is -2.88. The van der Waals surface area contributed by atoms with Crippen molar-refractivity contribution in [2.75, 3.05) is 0 Å². The minimum atomic E-state index is -1.25. The first-order valence-electron chi connectivity index (χ1n) is 6.55. The molecule has 0 aromatic carbocycles. The van der Waals surface area contributed by atoms with Crippen molar-refractivity contribution in [1.82, 2.24) is 9.88 Å². The highest BCUT2D eigenvalue weighted by molar-refractivity contribution is 5.96. The van der Waals surface area contributed by atoms with E-state index in [9.17, 15) is 14.4 Å². The predicted molar refractivity (Wildman–Crippen MR) is 75.2 cm³/mol. The Bertz CT molecular complexity index is 542. The fourth-order valence-corrected chi connectivity index (χ4v) is 1.71. The van der Waals surface area contributed by atoms with Gasteiger partial charge < -0.3 is 20.1 Å². The van der Waals surface area contributed by atoms with Crippen molar-refractivity contribution < 1.29 is 24.6 Å². The Balaban J connectivity index is 2.75. The van der Waals surface area contributed by atoms with Gasteiger partial charge in [0.15, 0.2) is 0 Å². The van der Waals surface area contributed by atoms with Crippen LogP contribution in [0.1, 0.15) is 44.0 Å². The van der Waals surface area contributed by atoms with Crippen molar-refractivity contribution >= 4 is 17.8 Å². The van der Waals surface area contributed by atoms with Gasteiger partial charge in [-0.1, -0.05) is 0 Å². The average Bonchev–Trinajstić information content (AvgIpc) is 2.82. The average molecular weight is 296 g/mol. The Morgan fingerprint density at radius 2 is 1.90 bits per heavy atom. The van der Waals surface area contributed by atoms with E-state index in [1.54, 1.807) is 18.5 Å². The summed E-state index contributed by atoms with van der Waals surface area (Å²) >= 11 is 0. The molecule has 1 atom stereocenters. The molecule has 0 aliphatic heterocycles. The first kappa shape index (κ1) is 16.7. The molecule has 0 saturated carbocycles. The van der Waals surface area contributed by atoms with Gasteiger partial charge in [-0.25, -0.2) is 4.79 Å². The number of hydrogen-bond acceptors (Lipinski definition) is 3. The van der Waals surface area contributed by atoms with E-state index in [0.29, 0.717) is 5.56 Å². The molecule has 7 nitrogen and oxygen atoms in total. The molecule has 0 bridgehead atoms. The summed E-state index contributed by atoms with van der Waals surface area (Å²) in [5.41, 5.74) is 0.153. The Kier molecular flexibility index (Phi) is 5.12. The normalized spacial score (nSPS) is 12.7. The lowest BCUT2D eigenvalue weighted by atomic mass is 10.1. The van der Waals surface area contributed by atoms with E-state index >= 15 is 0 Å². The van der Waals surface area contributed by atoms with Gasteiger partial charge in [-0.05, 0) is 33.3 Å². The van der Waals surface area contributed by atoms with Gasteiger partial charge in [0.1, 0.15) is 6.04 Å². The maximum absolute atomic E-state index is 12.0. The molecule has 1 rings (SSSR count). The van der Waals surface area contributed by atoms with Crippen LogP contribution in [0.4, 0.5) is 0 Å². The number of amides is 1. The summed E-state index contributed by atoms with van der Waals surface area (Å²) in [4.78, 5) is 33.5. The van der Waals surface area contributed by atoms with Gasteiger partial charge in [-0.2, -0.15) is 0 Å². The number of carbonyl (C=O) groups is 3. The van der Waals surface area contributed by atoms with Gasteiger partial charge in [0.2, 0.25) is 0 Å². The molecular formula is C14H20N2O5.